The molecule has 0 spiro atoms. The zero-order valence-corrected chi connectivity index (χ0v) is 14.6. The maximum Gasteiger partial charge on any atom is 0.471 e. The topological polar surface area (TPSA) is 58.6 Å². The normalized spacial score (nSPS) is 15.6. The van der Waals surface area contributed by atoms with Crippen molar-refractivity contribution in [2.75, 3.05) is 26.7 Å². The van der Waals surface area contributed by atoms with E-state index in [2.05, 4.69) is 0 Å². The van der Waals surface area contributed by atoms with Crippen LogP contribution in [0.1, 0.15) is 24.8 Å². The van der Waals surface area contributed by atoms with E-state index >= 15 is 0 Å². The Labute approximate surface area is 150 Å². The number of aryl methyl sites for hydroxylation is 1. The fraction of sp³-hybridized carbons (Fsp3) is 0.556. The molecule has 1 aliphatic heterocycles. The van der Waals surface area contributed by atoms with E-state index in [-0.39, 0.29) is 18.4 Å². The number of rotatable bonds is 6. The molecule has 8 heteroatoms. The minimum atomic E-state index is -4.85. The summed E-state index contributed by atoms with van der Waals surface area (Å²) >= 11 is 0. The molecular formula is C18H23F3N2O3. The first-order valence-corrected chi connectivity index (χ1v) is 8.56. The van der Waals surface area contributed by atoms with Gasteiger partial charge in [-0.1, -0.05) is 18.2 Å². The second-order valence-corrected chi connectivity index (χ2v) is 6.34. The lowest BCUT2D eigenvalue weighted by Gasteiger charge is -2.32. The van der Waals surface area contributed by atoms with Gasteiger partial charge in [0, 0.05) is 26.1 Å². The smallest absolute Gasteiger partial charge is 0.471 e. The van der Waals surface area contributed by atoms with Gasteiger partial charge in [0.2, 0.25) is 5.91 Å². The van der Waals surface area contributed by atoms with Crippen LogP contribution in [0.2, 0.25) is 0 Å². The third-order valence-corrected chi connectivity index (χ3v) is 4.58. The van der Waals surface area contributed by atoms with Crippen LogP contribution in [0.5, 0.6) is 5.75 Å². The van der Waals surface area contributed by atoms with Gasteiger partial charge >= 0.3 is 12.1 Å². The average molecular weight is 372 g/mol. The van der Waals surface area contributed by atoms with Crippen LogP contribution in [-0.2, 0) is 16.0 Å². The molecule has 1 saturated heterocycles. The van der Waals surface area contributed by atoms with Gasteiger partial charge in [0.25, 0.3) is 0 Å². The second-order valence-electron chi connectivity index (χ2n) is 6.34. The van der Waals surface area contributed by atoms with Crippen molar-refractivity contribution in [2.24, 2.45) is 5.92 Å². The van der Waals surface area contributed by atoms with E-state index in [1.54, 1.807) is 12.0 Å². The van der Waals surface area contributed by atoms with E-state index in [0.717, 1.165) is 11.3 Å². The van der Waals surface area contributed by atoms with Crippen LogP contribution < -0.4 is 10.1 Å². The number of carbonyl (C=O) groups excluding carboxylic acids is 2. The summed E-state index contributed by atoms with van der Waals surface area (Å²) in [7, 11) is 1.59. The van der Waals surface area contributed by atoms with Gasteiger partial charge in [0.1, 0.15) is 5.75 Å². The number of amides is 2. The number of benzene rings is 1. The molecule has 0 unspecified atom stereocenters. The molecule has 2 amide bonds. The van der Waals surface area contributed by atoms with Crippen LogP contribution in [-0.4, -0.2) is 49.6 Å². The number of nitrogens with zero attached hydrogens (tertiary/aromatic N) is 1. The first kappa shape index (κ1) is 20.1. The zero-order chi connectivity index (χ0) is 19.2. The Bertz CT molecular complexity index is 626. The number of hydrogen-bond acceptors (Lipinski definition) is 3. The highest BCUT2D eigenvalue weighted by atomic mass is 19.4. The number of hydrogen-bond donors (Lipinski definition) is 1. The van der Waals surface area contributed by atoms with Crippen molar-refractivity contribution in [3.63, 3.8) is 0 Å². The number of piperidine rings is 1. The average Bonchev–Trinajstić information content (AvgIpc) is 2.64. The molecule has 5 nitrogen and oxygen atoms in total. The summed E-state index contributed by atoms with van der Waals surface area (Å²) < 4.78 is 41.8. The van der Waals surface area contributed by atoms with E-state index in [1.807, 2.05) is 29.6 Å². The molecule has 1 N–H and O–H groups in total. The van der Waals surface area contributed by atoms with E-state index in [1.165, 1.54) is 0 Å². The number of halogens is 3. The molecule has 1 aromatic carbocycles. The van der Waals surface area contributed by atoms with Gasteiger partial charge in [0.15, 0.2) is 0 Å². The Morgan fingerprint density at radius 2 is 1.88 bits per heavy atom. The van der Waals surface area contributed by atoms with Gasteiger partial charge in [-0.05, 0) is 36.8 Å². The van der Waals surface area contributed by atoms with Gasteiger partial charge in [-0.15, -0.1) is 0 Å². The molecule has 0 atom stereocenters. The maximum atomic E-state index is 12.3. The Morgan fingerprint density at radius 3 is 2.50 bits per heavy atom. The van der Waals surface area contributed by atoms with Gasteiger partial charge in [0.05, 0.1) is 7.11 Å². The molecule has 1 fully saturated rings. The van der Waals surface area contributed by atoms with E-state index in [9.17, 15) is 22.8 Å². The Hall–Kier alpha value is -2.25. The van der Waals surface area contributed by atoms with Crippen LogP contribution in [0.25, 0.3) is 0 Å². The number of likely N-dealkylation sites (tertiary alicyclic amines) is 1. The molecule has 26 heavy (non-hydrogen) atoms. The van der Waals surface area contributed by atoms with Crippen LogP contribution in [0, 0.1) is 5.92 Å². The highest BCUT2D eigenvalue weighted by molar-refractivity contribution is 5.81. The van der Waals surface area contributed by atoms with Gasteiger partial charge in [-0.2, -0.15) is 13.2 Å². The number of alkyl halides is 3. The van der Waals surface area contributed by atoms with Gasteiger partial charge in [-0.25, -0.2) is 0 Å². The van der Waals surface area contributed by atoms with Crippen LogP contribution in [0.3, 0.4) is 0 Å². The molecule has 0 aliphatic carbocycles. The van der Waals surface area contributed by atoms with Crippen molar-refractivity contribution < 1.29 is 27.5 Å². The molecule has 1 aliphatic rings. The fourth-order valence-corrected chi connectivity index (χ4v) is 3.03. The van der Waals surface area contributed by atoms with Crippen molar-refractivity contribution in [3.8, 4) is 5.75 Å². The summed E-state index contributed by atoms with van der Waals surface area (Å²) in [6.45, 7) is 0.982. The first-order chi connectivity index (χ1) is 12.3. The Balaban J connectivity index is 1.73. The molecule has 1 heterocycles. The summed E-state index contributed by atoms with van der Waals surface area (Å²) in [6.07, 6.45) is -2.76. The molecule has 144 valence electrons. The van der Waals surface area contributed by atoms with Crippen LogP contribution in [0.4, 0.5) is 13.2 Å². The second kappa shape index (κ2) is 8.91. The van der Waals surface area contributed by atoms with Crippen molar-refractivity contribution in [2.45, 2.75) is 31.9 Å². The minimum Gasteiger partial charge on any atom is -0.496 e. The summed E-state index contributed by atoms with van der Waals surface area (Å²) in [6, 6.07) is 7.53. The number of methoxy groups -OCH3 is 1. The first-order valence-electron chi connectivity index (χ1n) is 8.56. The van der Waals surface area contributed by atoms with E-state index < -0.39 is 12.1 Å². The lowest BCUT2D eigenvalue weighted by molar-refractivity contribution is -0.173. The van der Waals surface area contributed by atoms with Crippen LogP contribution >= 0.6 is 0 Å². The van der Waals surface area contributed by atoms with Crippen molar-refractivity contribution >= 4 is 11.8 Å². The predicted octanol–water partition coefficient (Wildman–Crippen LogP) is 2.54. The SMILES string of the molecule is COc1ccccc1CCC(=O)N1CCC(CNC(=O)C(F)(F)F)CC1. The molecule has 0 saturated carbocycles. The predicted molar refractivity (Wildman–Crippen MR) is 89.7 cm³/mol. The fourth-order valence-electron chi connectivity index (χ4n) is 3.03. The third kappa shape index (κ3) is 5.64. The Kier molecular flexibility index (Phi) is 6.88. The molecule has 0 aromatic heterocycles. The maximum absolute atomic E-state index is 12.3. The summed E-state index contributed by atoms with van der Waals surface area (Å²) in [4.78, 5) is 24.9. The lowest BCUT2D eigenvalue weighted by Crippen LogP contribution is -2.44. The number of ether oxygens (including phenoxy) is 1. The Morgan fingerprint density at radius 1 is 1.23 bits per heavy atom. The monoisotopic (exact) mass is 372 g/mol. The van der Waals surface area contributed by atoms with Crippen LogP contribution in [0.15, 0.2) is 24.3 Å². The summed E-state index contributed by atoms with van der Waals surface area (Å²) in [5.41, 5.74) is 0.966. The van der Waals surface area contributed by atoms with Crippen molar-refractivity contribution in [1.82, 2.24) is 10.2 Å². The number of nitrogens with one attached hydrogen (secondary N) is 1. The third-order valence-electron chi connectivity index (χ3n) is 4.58. The molecule has 0 bridgehead atoms. The molecule has 2 rings (SSSR count). The number of carbonyl (C=O) groups is 2. The van der Waals surface area contributed by atoms with Crippen molar-refractivity contribution in [1.29, 1.82) is 0 Å². The molecular weight excluding hydrogens is 349 g/mol. The zero-order valence-electron chi connectivity index (χ0n) is 14.6. The van der Waals surface area contributed by atoms with E-state index in [4.69, 9.17) is 4.74 Å². The van der Waals surface area contributed by atoms with Crippen molar-refractivity contribution in [3.05, 3.63) is 29.8 Å². The lowest BCUT2D eigenvalue weighted by atomic mass is 9.96. The highest BCUT2D eigenvalue weighted by Crippen LogP contribution is 2.21. The van der Waals surface area contributed by atoms with E-state index in [0.29, 0.717) is 38.8 Å². The summed E-state index contributed by atoms with van der Waals surface area (Å²) in [5.74, 6) is -1.18. The summed E-state index contributed by atoms with van der Waals surface area (Å²) in [5, 5.41) is 1.91. The number of para-hydroxylation sites is 1. The van der Waals surface area contributed by atoms with Gasteiger partial charge in [-0.3, -0.25) is 9.59 Å². The molecule has 1 aromatic rings. The standard InChI is InChI=1S/C18H23F3N2O3/c1-26-15-5-3-2-4-14(15)6-7-16(24)23-10-8-13(9-11-23)12-22-17(25)18(19,20)21/h2-5,13H,6-12H2,1H3,(H,22,25). The highest BCUT2D eigenvalue weighted by Gasteiger charge is 2.38. The molecule has 0 radical (unpaired) electrons. The quantitative estimate of drug-likeness (QED) is 0.835. The largest absolute Gasteiger partial charge is 0.496 e. The minimum absolute atomic E-state index is 0.0123. The van der Waals surface area contributed by atoms with Gasteiger partial charge < -0.3 is 15.0 Å².